The van der Waals surface area contributed by atoms with Gasteiger partial charge in [0, 0.05) is 6.61 Å². The lowest BCUT2D eigenvalue weighted by molar-refractivity contribution is 0.303. The molecule has 3 heteroatoms. The Labute approximate surface area is 49.6 Å². The molecule has 0 radical (unpaired) electrons. The third-order valence-corrected chi connectivity index (χ3v) is 0.586. The Kier molecular flexibility index (Phi) is 4.31. The average molecular weight is 112 g/mol. The highest BCUT2D eigenvalue weighted by Gasteiger charge is 2.02. The summed E-state index contributed by atoms with van der Waals surface area (Å²) in [5.74, 6) is 1.31. The molecule has 0 rings (SSSR count). The molecular formula is C5H9BO2. The Morgan fingerprint density at radius 3 is 2.62 bits per heavy atom. The maximum atomic E-state index is 8.60. The first kappa shape index (κ1) is 7.46. The van der Waals surface area contributed by atoms with E-state index in [9.17, 15) is 0 Å². The normalized spacial score (nSPS) is 8.12. The second-order valence-electron chi connectivity index (χ2n) is 1.25. The van der Waals surface area contributed by atoms with Crippen molar-refractivity contribution < 1.29 is 9.68 Å². The van der Waals surface area contributed by atoms with E-state index in [1.807, 2.05) is 0 Å². The van der Waals surface area contributed by atoms with Crippen LogP contribution in [0, 0.1) is 0 Å². The Bertz CT molecular complexity index is 82.5. The van der Waals surface area contributed by atoms with Gasteiger partial charge in [-0.3, -0.25) is 0 Å². The SMILES string of the molecule is C=CCOB(O)C=C. The van der Waals surface area contributed by atoms with Gasteiger partial charge in [0.25, 0.3) is 0 Å². The van der Waals surface area contributed by atoms with E-state index in [1.165, 1.54) is 5.98 Å². The van der Waals surface area contributed by atoms with Gasteiger partial charge in [-0.25, -0.2) is 0 Å². The molecule has 0 aromatic carbocycles. The molecule has 0 atom stereocenters. The molecule has 0 fully saturated rings. The van der Waals surface area contributed by atoms with Gasteiger partial charge in [-0.2, -0.15) is 0 Å². The Hall–Kier alpha value is -0.535. The van der Waals surface area contributed by atoms with Gasteiger partial charge in [0.15, 0.2) is 0 Å². The standard InChI is InChI=1S/C5H9BO2/c1-3-5-8-6(7)4-2/h3-4,7H,1-2,5H2. The maximum absolute atomic E-state index is 8.60. The van der Waals surface area contributed by atoms with Crippen molar-refractivity contribution in [1.82, 2.24) is 0 Å². The summed E-state index contributed by atoms with van der Waals surface area (Å²) in [5, 5.41) is 8.60. The van der Waals surface area contributed by atoms with Crippen LogP contribution in [0.2, 0.25) is 0 Å². The first-order valence-corrected chi connectivity index (χ1v) is 2.34. The third-order valence-electron chi connectivity index (χ3n) is 0.586. The largest absolute Gasteiger partial charge is 0.483 e. The monoisotopic (exact) mass is 112 g/mol. The maximum Gasteiger partial charge on any atom is 0.483 e. The zero-order valence-corrected chi connectivity index (χ0v) is 4.71. The highest BCUT2D eigenvalue weighted by Crippen LogP contribution is 1.80. The van der Waals surface area contributed by atoms with Crippen molar-refractivity contribution in [3.8, 4) is 0 Å². The predicted octanol–water partition coefficient (Wildman–Crippen LogP) is 0.395. The van der Waals surface area contributed by atoms with Gasteiger partial charge in [-0.05, 0) is 0 Å². The van der Waals surface area contributed by atoms with Crippen LogP contribution in [0.25, 0.3) is 0 Å². The van der Waals surface area contributed by atoms with Crippen molar-refractivity contribution in [2.75, 3.05) is 6.61 Å². The minimum absolute atomic E-state index is 0.354. The lowest BCUT2D eigenvalue weighted by atomic mass is 9.92. The summed E-state index contributed by atoms with van der Waals surface area (Å²) in [4.78, 5) is 0. The zero-order valence-electron chi connectivity index (χ0n) is 4.71. The number of hydrogen-bond acceptors (Lipinski definition) is 2. The molecule has 8 heavy (non-hydrogen) atoms. The fourth-order valence-electron chi connectivity index (χ4n) is 0.235. The van der Waals surface area contributed by atoms with E-state index in [2.05, 4.69) is 17.8 Å². The molecule has 0 aliphatic carbocycles. The minimum atomic E-state index is -0.854. The van der Waals surface area contributed by atoms with Crippen molar-refractivity contribution in [2.24, 2.45) is 0 Å². The third kappa shape index (κ3) is 3.65. The van der Waals surface area contributed by atoms with Crippen LogP contribution < -0.4 is 0 Å². The minimum Gasteiger partial charge on any atom is -0.423 e. The van der Waals surface area contributed by atoms with Crippen LogP contribution in [0.1, 0.15) is 0 Å². The molecule has 0 aromatic rings. The molecule has 0 heterocycles. The van der Waals surface area contributed by atoms with Crippen LogP contribution in [0.5, 0.6) is 0 Å². The molecule has 0 unspecified atom stereocenters. The summed E-state index contributed by atoms with van der Waals surface area (Å²) in [6, 6.07) is 0. The van der Waals surface area contributed by atoms with Crippen molar-refractivity contribution in [3.63, 3.8) is 0 Å². The van der Waals surface area contributed by atoms with E-state index in [-0.39, 0.29) is 0 Å². The van der Waals surface area contributed by atoms with E-state index < -0.39 is 7.12 Å². The van der Waals surface area contributed by atoms with E-state index in [1.54, 1.807) is 6.08 Å². The molecule has 0 aliphatic heterocycles. The smallest absolute Gasteiger partial charge is 0.423 e. The molecule has 0 saturated carbocycles. The van der Waals surface area contributed by atoms with Gasteiger partial charge >= 0.3 is 7.12 Å². The molecular weight excluding hydrogens is 103 g/mol. The summed E-state index contributed by atoms with van der Waals surface area (Å²) < 4.78 is 4.66. The quantitative estimate of drug-likeness (QED) is 0.421. The van der Waals surface area contributed by atoms with Crippen molar-refractivity contribution in [1.29, 1.82) is 0 Å². The fourth-order valence-corrected chi connectivity index (χ4v) is 0.235. The zero-order chi connectivity index (χ0) is 6.41. The van der Waals surface area contributed by atoms with Crippen molar-refractivity contribution in [3.05, 3.63) is 25.2 Å². The van der Waals surface area contributed by atoms with Crippen LogP contribution in [0.3, 0.4) is 0 Å². The summed E-state index contributed by atoms with van der Waals surface area (Å²) >= 11 is 0. The Morgan fingerprint density at radius 2 is 2.25 bits per heavy atom. The van der Waals surface area contributed by atoms with E-state index in [0.29, 0.717) is 6.61 Å². The Balaban J connectivity index is 3.09. The van der Waals surface area contributed by atoms with Crippen molar-refractivity contribution in [2.45, 2.75) is 0 Å². The van der Waals surface area contributed by atoms with Gasteiger partial charge in [0.05, 0.1) is 0 Å². The van der Waals surface area contributed by atoms with Gasteiger partial charge in [-0.1, -0.05) is 12.1 Å². The number of hydrogen-bond donors (Lipinski definition) is 1. The molecule has 0 amide bonds. The first-order chi connectivity index (χ1) is 3.81. The van der Waals surface area contributed by atoms with Gasteiger partial charge in [0.1, 0.15) is 0 Å². The van der Waals surface area contributed by atoms with Crippen LogP contribution in [0.4, 0.5) is 0 Å². The summed E-state index contributed by atoms with van der Waals surface area (Å²) in [6.07, 6.45) is 1.56. The highest BCUT2D eigenvalue weighted by atomic mass is 16.5. The Morgan fingerprint density at radius 1 is 1.62 bits per heavy atom. The van der Waals surface area contributed by atoms with Crippen LogP contribution >= 0.6 is 0 Å². The average Bonchev–Trinajstić information content (AvgIpc) is 1.83. The van der Waals surface area contributed by atoms with Crippen LogP contribution in [-0.2, 0) is 4.65 Å². The van der Waals surface area contributed by atoms with Gasteiger partial charge in [0.2, 0.25) is 0 Å². The molecule has 0 aliphatic rings. The topological polar surface area (TPSA) is 29.5 Å². The first-order valence-electron chi connectivity index (χ1n) is 2.34. The summed E-state index contributed by atoms with van der Waals surface area (Å²) in [6.45, 7) is 7.06. The lowest BCUT2D eigenvalue weighted by Gasteiger charge is -1.96. The van der Waals surface area contributed by atoms with Crippen LogP contribution in [0.15, 0.2) is 25.2 Å². The molecule has 0 saturated heterocycles. The molecule has 0 spiro atoms. The molecule has 0 bridgehead atoms. The van der Waals surface area contributed by atoms with Gasteiger partial charge in [-0.15, -0.1) is 13.2 Å². The van der Waals surface area contributed by atoms with E-state index >= 15 is 0 Å². The van der Waals surface area contributed by atoms with E-state index in [0.717, 1.165) is 0 Å². The molecule has 1 N–H and O–H groups in total. The molecule has 44 valence electrons. The molecule has 2 nitrogen and oxygen atoms in total. The van der Waals surface area contributed by atoms with E-state index in [4.69, 9.17) is 5.02 Å². The summed E-state index contributed by atoms with van der Waals surface area (Å²) in [5.41, 5.74) is 0. The summed E-state index contributed by atoms with van der Waals surface area (Å²) in [7, 11) is -0.854. The second-order valence-corrected chi connectivity index (χ2v) is 1.25. The lowest BCUT2D eigenvalue weighted by Crippen LogP contribution is -2.13. The van der Waals surface area contributed by atoms with Crippen molar-refractivity contribution >= 4 is 7.12 Å². The molecule has 0 aromatic heterocycles. The second kappa shape index (κ2) is 4.62. The fraction of sp³-hybridized carbons (Fsp3) is 0.200. The highest BCUT2D eigenvalue weighted by molar-refractivity contribution is 6.48. The number of rotatable bonds is 4. The van der Waals surface area contributed by atoms with Gasteiger partial charge < -0.3 is 9.68 Å². The predicted molar refractivity (Wildman–Crippen MR) is 34.3 cm³/mol. The van der Waals surface area contributed by atoms with Crippen LogP contribution in [-0.4, -0.2) is 18.7 Å².